The number of amides is 2. The van der Waals surface area contributed by atoms with Gasteiger partial charge in [-0.25, -0.2) is 0 Å². The maximum absolute atomic E-state index is 12.6. The third-order valence-corrected chi connectivity index (χ3v) is 5.53. The molecular weight excluding hydrogens is 380 g/mol. The number of nitrogens with one attached hydrogen (secondary N) is 2. The summed E-state index contributed by atoms with van der Waals surface area (Å²) in [6.07, 6.45) is 1.14. The third-order valence-electron chi connectivity index (χ3n) is 5.53. The van der Waals surface area contributed by atoms with E-state index in [1.165, 1.54) is 0 Å². The van der Waals surface area contributed by atoms with Crippen LogP contribution < -0.4 is 10.9 Å². The molecular formula is C24H24N2O4. The highest BCUT2D eigenvalue weighted by molar-refractivity contribution is 6.04. The van der Waals surface area contributed by atoms with E-state index in [4.69, 9.17) is 4.42 Å². The van der Waals surface area contributed by atoms with Crippen molar-refractivity contribution in [1.29, 1.82) is 0 Å². The monoisotopic (exact) mass is 404 g/mol. The Bertz CT molecular complexity index is 1170. The Morgan fingerprint density at radius 1 is 1.03 bits per heavy atom. The first-order valence-corrected chi connectivity index (χ1v) is 9.96. The molecule has 0 unspecified atom stereocenters. The predicted octanol–water partition coefficient (Wildman–Crippen LogP) is 3.90. The van der Waals surface area contributed by atoms with Gasteiger partial charge < -0.3 is 4.42 Å². The van der Waals surface area contributed by atoms with Crippen LogP contribution in [0.3, 0.4) is 0 Å². The largest absolute Gasteiger partial charge is 0.455 e. The highest BCUT2D eigenvalue weighted by Gasteiger charge is 2.37. The first-order valence-electron chi connectivity index (χ1n) is 9.96. The van der Waals surface area contributed by atoms with Crippen LogP contribution in [0.5, 0.6) is 0 Å². The van der Waals surface area contributed by atoms with Crippen LogP contribution in [0.2, 0.25) is 0 Å². The second-order valence-electron chi connectivity index (χ2n) is 8.61. The van der Waals surface area contributed by atoms with Gasteiger partial charge in [-0.05, 0) is 28.7 Å². The summed E-state index contributed by atoms with van der Waals surface area (Å²) >= 11 is 0. The highest BCUT2D eigenvalue weighted by Crippen LogP contribution is 2.38. The van der Waals surface area contributed by atoms with Crippen molar-refractivity contribution >= 4 is 28.4 Å². The minimum atomic E-state index is -0.571. The van der Waals surface area contributed by atoms with Crippen LogP contribution >= 0.6 is 0 Å². The first-order chi connectivity index (χ1) is 14.2. The van der Waals surface area contributed by atoms with E-state index in [-0.39, 0.29) is 29.3 Å². The lowest BCUT2D eigenvalue weighted by Crippen LogP contribution is -2.42. The van der Waals surface area contributed by atoms with Gasteiger partial charge in [0.25, 0.3) is 0 Å². The number of rotatable bonds is 3. The van der Waals surface area contributed by atoms with Crippen LogP contribution in [0, 0.1) is 12.3 Å². The zero-order valence-corrected chi connectivity index (χ0v) is 17.3. The molecule has 4 rings (SSSR count). The number of fused-ring (bicyclic) bond motifs is 2. The van der Waals surface area contributed by atoms with Crippen LogP contribution in [0.1, 0.15) is 58.1 Å². The van der Waals surface area contributed by atoms with Gasteiger partial charge in [-0.1, -0.05) is 56.3 Å². The van der Waals surface area contributed by atoms with Crippen LogP contribution in [-0.4, -0.2) is 17.6 Å². The predicted molar refractivity (Wildman–Crippen MR) is 113 cm³/mol. The van der Waals surface area contributed by atoms with Crippen LogP contribution in [0.4, 0.5) is 0 Å². The van der Waals surface area contributed by atoms with E-state index >= 15 is 0 Å². The summed E-state index contributed by atoms with van der Waals surface area (Å²) in [5.74, 6) is -0.316. The highest BCUT2D eigenvalue weighted by atomic mass is 16.4. The number of hydrazine groups is 1. The molecule has 0 atom stereocenters. The van der Waals surface area contributed by atoms with Crippen molar-refractivity contribution in [3.63, 3.8) is 0 Å². The van der Waals surface area contributed by atoms with E-state index in [1.807, 2.05) is 56.3 Å². The van der Waals surface area contributed by atoms with Crippen molar-refractivity contribution in [2.75, 3.05) is 0 Å². The normalized spacial score (nSPS) is 15.0. The molecule has 1 aromatic heterocycles. The molecule has 154 valence electrons. The Balaban J connectivity index is 1.45. The number of hydrogen-bond donors (Lipinski definition) is 2. The molecule has 2 N–H and O–H groups in total. The van der Waals surface area contributed by atoms with Crippen molar-refractivity contribution in [1.82, 2.24) is 10.9 Å². The standard InChI is InChI=1S/C24H24N2O4/c1-14-21-18(27)12-24(2,3)13-19(21)30-22(14)23(29)26-25-20(28)11-16-9-6-8-15-7-4-5-10-17(15)16/h4-10H,11-13H2,1-3H3,(H,25,28)(H,26,29). The van der Waals surface area contributed by atoms with Crippen LogP contribution in [-0.2, 0) is 17.6 Å². The summed E-state index contributed by atoms with van der Waals surface area (Å²) in [7, 11) is 0. The molecule has 0 spiro atoms. The van der Waals surface area contributed by atoms with Gasteiger partial charge in [0.1, 0.15) is 5.76 Å². The fourth-order valence-electron chi connectivity index (χ4n) is 4.15. The molecule has 1 heterocycles. The van der Waals surface area contributed by atoms with E-state index in [9.17, 15) is 14.4 Å². The lowest BCUT2D eigenvalue weighted by molar-refractivity contribution is -0.121. The first kappa shape index (κ1) is 19.9. The second-order valence-corrected chi connectivity index (χ2v) is 8.61. The molecule has 0 bridgehead atoms. The number of ketones is 1. The second kappa shape index (κ2) is 7.44. The third kappa shape index (κ3) is 3.73. The molecule has 0 saturated heterocycles. The summed E-state index contributed by atoms with van der Waals surface area (Å²) in [5.41, 5.74) is 6.55. The lowest BCUT2D eigenvalue weighted by Gasteiger charge is -2.27. The van der Waals surface area contributed by atoms with E-state index in [2.05, 4.69) is 10.9 Å². The molecule has 2 aromatic carbocycles. The van der Waals surface area contributed by atoms with Gasteiger partial charge in [-0.2, -0.15) is 0 Å². The number of benzene rings is 2. The summed E-state index contributed by atoms with van der Waals surface area (Å²) in [6, 6.07) is 13.6. The topological polar surface area (TPSA) is 88.4 Å². The molecule has 1 aliphatic carbocycles. The van der Waals surface area contributed by atoms with Gasteiger partial charge in [-0.3, -0.25) is 25.2 Å². The van der Waals surface area contributed by atoms with E-state index < -0.39 is 5.91 Å². The van der Waals surface area contributed by atoms with Gasteiger partial charge in [0.15, 0.2) is 11.5 Å². The van der Waals surface area contributed by atoms with Crippen LogP contribution in [0.15, 0.2) is 46.9 Å². The summed E-state index contributed by atoms with van der Waals surface area (Å²) in [6.45, 7) is 5.70. The van der Waals surface area contributed by atoms with E-state index in [1.54, 1.807) is 6.92 Å². The molecule has 1 aliphatic rings. The number of carbonyl (C=O) groups excluding carboxylic acids is 3. The zero-order valence-electron chi connectivity index (χ0n) is 17.3. The van der Waals surface area contributed by atoms with Crippen molar-refractivity contribution in [3.05, 3.63) is 70.7 Å². The van der Waals surface area contributed by atoms with Gasteiger partial charge in [0.2, 0.25) is 5.91 Å². The Hall–Kier alpha value is -3.41. The van der Waals surface area contributed by atoms with Gasteiger partial charge in [0, 0.05) is 18.4 Å². The lowest BCUT2D eigenvalue weighted by atomic mass is 9.76. The molecule has 6 heteroatoms. The number of carbonyl (C=O) groups is 3. The summed E-state index contributed by atoms with van der Waals surface area (Å²) in [4.78, 5) is 37.5. The maximum Gasteiger partial charge on any atom is 0.305 e. The quantitative estimate of drug-likeness (QED) is 0.648. The van der Waals surface area contributed by atoms with Crippen LogP contribution in [0.25, 0.3) is 10.8 Å². The minimum Gasteiger partial charge on any atom is -0.455 e. The number of Topliss-reactive ketones (excluding diaryl/α,β-unsaturated/α-hetero) is 1. The fourth-order valence-corrected chi connectivity index (χ4v) is 4.15. The average Bonchev–Trinajstić information content (AvgIpc) is 3.01. The molecule has 6 nitrogen and oxygen atoms in total. The fraction of sp³-hybridized carbons (Fsp3) is 0.292. The zero-order chi connectivity index (χ0) is 21.5. The average molecular weight is 404 g/mol. The van der Waals surface area contributed by atoms with Gasteiger partial charge in [0.05, 0.1) is 12.0 Å². The molecule has 2 amide bonds. The van der Waals surface area contributed by atoms with E-state index in [0.29, 0.717) is 29.7 Å². The number of furan rings is 1. The summed E-state index contributed by atoms with van der Waals surface area (Å²) in [5, 5.41) is 2.05. The van der Waals surface area contributed by atoms with Crippen molar-refractivity contribution < 1.29 is 18.8 Å². The van der Waals surface area contributed by atoms with Gasteiger partial charge >= 0.3 is 5.91 Å². The molecule has 0 radical (unpaired) electrons. The van der Waals surface area contributed by atoms with Crippen molar-refractivity contribution in [3.8, 4) is 0 Å². The van der Waals surface area contributed by atoms with Crippen molar-refractivity contribution in [2.24, 2.45) is 5.41 Å². The molecule has 0 fully saturated rings. The smallest absolute Gasteiger partial charge is 0.305 e. The summed E-state index contributed by atoms with van der Waals surface area (Å²) < 4.78 is 5.73. The Kier molecular flexibility index (Phi) is 4.94. The Morgan fingerprint density at radius 3 is 2.57 bits per heavy atom. The van der Waals surface area contributed by atoms with Gasteiger partial charge in [-0.15, -0.1) is 0 Å². The molecule has 30 heavy (non-hydrogen) atoms. The Morgan fingerprint density at radius 2 is 1.77 bits per heavy atom. The Labute approximate surface area is 174 Å². The maximum atomic E-state index is 12.6. The number of hydrogen-bond acceptors (Lipinski definition) is 4. The van der Waals surface area contributed by atoms with Crippen molar-refractivity contribution in [2.45, 2.75) is 40.0 Å². The minimum absolute atomic E-state index is 0.0125. The van der Waals surface area contributed by atoms with E-state index in [0.717, 1.165) is 16.3 Å². The molecule has 3 aromatic rings. The molecule has 0 aliphatic heterocycles. The SMILES string of the molecule is Cc1c(C(=O)NNC(=O)Cc2cccc3ccccc23)oc2c1C(=O)CC(C)(C)C2. The molecule has 0 saturated carbocycles.